The summed E-state index contributed by atoms with van der Waals surface area (Å²) in [4.78, 5) is 36.3. The van der Waals surface area contributed by atoms with Crippen LogP contribution in [0.25, 0.3) is 0 Å². The summed E-state index contributed by atoms with van der Waals surface area (Å²) in [6.07, 6.45) is 0.723. The summed E-state index contributed by atoms with van der Waals surface area (Å²) in [5, 5.41) is 5.12. The number of alkyl carbamates (subject to hydrolysis) is 1. The zero-order valence-corrected chi connectivity index (χ0v) is 20.3. The minimum atomic E-state index is -3.78. The SMILES string of the molecule is CNS(=O)(=O)NCC(=O)N[C@@H](CCCCNC(=O)OCc1ccccc1)C(=O)OC(C)(C)C. The Labute approximate surface area is 195 Å². The number of nitrogens with one attached hydrogen (secondary N) is 4. The molecule has 2 amide bonds. The van der Waals surface area contributed by atoms with Crippen molar-refractivity contribution in [2.45, 2.75) is 58.3 Å². The van der Waals surface area contributed by atoms with Crippen molar-refractivity contribution in [1.82, 2.24) is 20.1 Å². The van der Waals surface area contributed by atoms with Gasteiger partial charge < -0.3 is 20.1 Å². The van der Waals surface area contributed by atoms with Crippen molar-refractivity contribution >= 4 is 28.2 Å². The molecular weight excluding hydrogens is 452 g/mol. The van der Waals surface area contributed by atoms with Gasteiger partial charge in [0, 0.05) is 13.6 Å². The van der Waals surface area contributed by atoms with Crippen LogP contribution in [-0.2, 0) is 35.9 Å². The molecule has 0 aliphatic carbocycles. The van der Waals surface area contributed by atoms with Crippen LogP contribution in [0.2, 0.25) is 0 Å². The number of carbonyl (C=O) groups is 3. The monoisotopic (exact) mass is 486 g/mol. The largest absolute Gasteiger partial charge is 0.458 e. The van der Waals surface area contributed by atoms with E-state index in [2.05, 4.69) is 10.6 Å². The average molecular weight is 487 g/mol. The fourth-order valence-electron chi connectivity index (χ4n) is 2.54. The van der Waals surface area contributed by atoms with Gasteiger partial charge in [-0.15, -0.1) is 0 Å². The maximum absolute atomic E-state index is 12.5. The highest BCUT2D eigenvalue weighted by Crippen LogP contribution is 2.11. The molecule has 33 heavy (non-hydrogen) atoms. The number of carbonyl (C=O) groups excluding carboxylic acids is 3. The lowest BCUT2D eigenvalue weighted by atomic mass is 10.1. The van der Waals surface area contributed by atoms with Crippen molar-refractivity contribution in [1.29, 1.82) is 0 Å². The Morgan fingerprint density at radius 2 is 1.73 bits per heavy atom. The van der Waals surface area contributed by atoms with Gasteiger partial charge in [0.1, 0.15) is 18.2 Å². The molecule has 0 fully saturated rings. The summed E-state index contributed by atoms with van der Waals surface area (Å²) in [7, 11) is -2.58. The second-order valence-electron chi connectivity index (χ2n) is 8.17. The third kappa shape index (κ3) is 13.4. The fourth-order valence-corrected chi connectivity index (χ4v) is 3.00. The smallest absolute Gasteiger partial charge is 0.407 e. The molecule has 0 aliphatic heterocycles. The van der Waals surface area contributed by atoms with Crippen LogP contribution in [0.3, 0.4) is 0 Å². The van der Waals surface area contributed by atoms with Crippen LogP contribution >= 0.6 is 0 Å². The molecule has 0 saturated heterocycles. The number of benzene rings is 1. The number of hydrogen-bond donors (Lipinski definition) is 4. The topological polar surface area (TPSA) is 152 Å². The summed E-state index contributed by atoms with van der Waals surface area (Å²) in [6.45, 7) is 5.07. The first-order valence-electron chi connectivity index (χ1n) is 10.6. The normalized spacial score (nSPS) is 12.5. The standard InChI is InChI=1S/C21H34N4O7S/c1-21(2,3)32-19(27)17(25-18(26)14-24-33(29,30)22-4)12-8-9-13-23-20(28)31-15-16-10-6-5-7-11-16/h5-7,10-11,17,22,24H,8-9,12-15H2,1-4H3,(H,23,28)(H,25,26)/t17-/m0/s1. The quantitative estimate of drug-likeness (QED) is 0.239. The van der Waals surface area contributed by atoms with E-state index in [1.165, 1.54) is 7.05 Å². The van der Waals surface area contributed by atoms with Crippen LogP contribution in [0.5, 0.6) is 0 Å². The first-order chi connectivity index (χ1) is 15.4. The van der Waals surface area contributed by atoms with Gasteiger partial charge in [-0.2, -0.15) is 13.1 Å². The molecule has 1 atom stereocenters. The molecule has 4 N–H and O–H groups in total. The average Bonchev–Trinajstić information content (AvgIpc) is 2.75. The van der Waals surface area contributed by atoms with Gasteiger partial charge >= 0.3 is 12.1 Å². The predicted octanol–water partition coefficient (Wildman–Crippen LogP) is 0.963. The highest BCUT2D eigenvalue weighted by Gasteiger charge is 2.26. The van der Waals surface area contributed by atoms with Gasteiger partial charge in [-0.1, -0.05) is 30.3 Å². The molecule has 0 aromatic heterocycles. The highest BCUT2D eigenvalue weighted by atomic mass is 32.2. The molecule has 1 aromatic rings. The summed E-state index contributed by atoms with van der Waals surface area (Å²) < 4.78 is 37.3. The van der Waals surface area contributed by atoms with Crippen LogP contribution in [0.1, 0.15) is 45.6 Å². The maximum Gasteiger partial charge on any atom is 0.407 e. The van der Waals surface area contributed by atoms with Crippen molar-refractivity contribution < 1.29 is 32.3 Å². The fraction of sp³-hybridized carbons (Fsp3) is 0.571. The summed E-state index contributed by atoms with van der Waals surface area (Å²) in [6, 6.07) is 8.32. The van der Waals surface area contributed by atoms with E-state index in [1.807, 2.05) is 39.8 Å². The first kappa shape index (κ1) is 28.3. The van der Waals surface area contributed by atoms with E-state index >= 15 is 0 Å². The lowest BCUT2D eigenvalue weighted by Gasteiger charge is -2.24. The first-order valence-corrected chi connectivity index (χ1v) is 12.0. The summed E-state index contributed by atoms with van der Waals surface area (Å²) in [5.74, 6) is -1.30. The van der Waals surface area contributed by atoms with E-state index in [0.717, 1.165) is 5.56 Å². The Morgan fingerprint density at radius 1 is 1.06 bits per heavy atom. The second kappa shape index (κ2) is 13.8. The third-order valence-electron chi connectivity index (χ3n) is 4.12. The molecule has 1 aromatic carbocycles. The van der Waals surface area contributed by atoms with Gasteiger partial charge in [0.15, 0.2) is 0 Å². The number of ether oxygens (including phenoxy) is 2. The van der Waals surface area contributed by atoms with Crippen LogP contribution in [-0.4, -0.2) is 58.2 Å². The van der Waals surface area contributed by atoms with Crippen LogP contribution < -0.4 is 20.1 Å². The van der Waals surface area contributed by atoms with Crippen molar-refractivity contribution in [3.05, 3.63) is 35.9 Å². The molecule has 11 nitrogen and oxygen atoms in total. The maximum atomic E-state index is 12.5. The van der Waals surface area contributed by atoms with E-state index in [9.17, 15) is 22.8 Å². The third-order valence-corrected chi connectivity index (χ3v) is 5.18. The zero-order valence-electron chi connectivity index (χ0n) is 19.5. The number of esters is 1. The van der Waals surface area contributed by atoms with Gasteiger partial charge in [-0.05, 0) is 45.6 Å². The Balaban J connectivity index is 2.45. The van der Waals surface area contributed by atoms with Crippen LogP contribution in [0, 0.1) is 0 Å². The van der Waals surface area contributed by atoms with Crippen LogP contribution in [0.15, 0.2) is 30.3 Å². The van der Waals surface area contributed by atoms with Crippen molar-refractivity contribution in [3.8, 4) is 0 Å². The molecule has 0 radical (unpaired) electrons. The minimum absolute atomic E-state index is 0.163. The molecule has 186 valence electrons. The molecule has 0 aliphatic rings. The predicted molar refractivity (Wildman–Crippen MR) is 122 cm³/mol. The lowest BCUT2D eigenvalue weighted by molar-refractivity contribution is -0.158. The highest BCUT2D eigenvalue weighted by molar-refractivity contribution is 7.87. The van der Waals surface area contributed by atoms with Gasteiger partial charge in [0.25, 0.3) is 10.2 Å². The van der Waals surface area contributed by atoms with Gasteiger partial charge in [-0.3, -0.25) is 4.79 Å². The van der Waals surface area contributed by atoms with Crippen molar-refractivity contribution in [3.63, 3.8) is 0 Å². The minimum Gasteiger partial charge on any atom is -0.458 e. The zero-order chi connectivity index (χ0) is 24.9. The molecule has 0 saturated carbocycles. The summed E-state index contributed by atoms with van der Waals surface area (Å²) >= 11 is 0. The molecule has 12 heteroatoms. The lowest BCUT2D eigenvalue weighted by Crippen LogP contribution is -2.48. The van der Waals surface area contributed by atoms with E-state index < -0.39 is 46.4 Å². The number of hydrogen-bond acceptors (Lipinski definition) is 7. The number of unbranched alkanes of at least 4 members (excludes halogenated alkanes) is 1. The second-order valence-corrected chi connectivity index (χ2v) is 9.87. The molecule has 0 unspecified atom stereocenters. The molecular formula is C21H34N4O7S. The van der Waals surface area contributed by atoms with E-state index in [1.54, 1.807) is 20.8 Å². The van der Waals surface area contributed by atoms with Crippen molar-refractivity contribution in [2.75, 3.05) is 20.1 Å². The van der Waals surface area contributed by atoms with Crippen molar-refractivity contribution in [2.24, 2.45) is 0 Å². The molecule has 0 heterocycles. The Morgan fingerprint density at radius 3 is 2.33 bits per heavy atom. The Bertz CT molecular complexity index is 870. The Kier molecular flexibility index (Phi) is 11.8. The van der Waals surface area contributed by atoms with Gasteiger partial charge in [0.05, 0.1) is 6.54 Å². The van der Waals surface area contributed by atoms with Crippen LogP contribution in [0.4, 0.5) is 4.79 Å². The van der Waals surface area contributed by atoms with Gasteiger partial charge in [0.2, 0.25) is 5.91 Å². The van der Waals surface area contributed by atoms with E-state index in [-0.39, 0.29) is 13.0 Å². The Hall–Kier alpha value is -2.70. The van der Waals surface area contributed by atoms with E-state index in [4.69, 9.17) is 9.47 Å². The molecule has 1 rings (SSSR count). The molecule has 0 bridgehead atoms. The van der Waals surface area contributed by atoms with Gasteiger partial charge in [-0.25, -0.2) is 14.3 Å². The van der Waals surface area contributed by atoms with E-state index in [0.29, 0.717) is 19.4 Å². The number of rotatable bonds is 13. The molecule has 0 spiro atoms. The summed E-state index contributed by atoms with van der Waals surface area (Å²) in [5.41, 5.74) is 0.123. The number of amides is 2.